The van der Waals surface area contributed by atoms with Crippen molar-refractivity contribution in [3.05, 3.63) is 398 Å². The highest BCUT2D eigenvalue weighted by molar-refractivity contribution is 7.99. The highest BCUT2D eigenvalue weighted by atomic mass is 32.2. The number of fused-ring (bicyclic) bond motifs is 9. The Balaban J connectivity index is 0.673. The van der Waals surface area contributed by atoms with Crippen LogP contribution in [-0.4, -0.2) is 41.3 Å². The van der Waals surface area contributed by atoms with E-state index in [0.29, 0.717) is 26.4 Å². The molecule has 0 amide bonds. The maximum Gasteiger partial charge on any atom is 0.137 e. The Labute approximate surface area is 846 Å². The Kier molecular flexibility index (Phi) is 29.2. The van der Waals surface area contributed by atoms with E-state index in [-0.39, 0.29) is 0 Å². The summed E-state index contributed by atoms with van der Waals surface area (Å²) in [5.74, 6) is 4.54. The molecule has 0 saturated heterocycles. The number of ether oxygens (including phenoxy) is 4. The topological polar surface area (TPSA) is 76.1 Å². The molecule has 12 nitrogen and oxygen atoms in total. The third-order valence-electron chi connectivity index (χ3n) is 27.6. The monoisotopic (exact) mass is 1900 g/mol. The molecule has 0 spiro atoms. The van der Waals surface area contributed by atoms with E-state index in [4.69, 9.17) is 23.4 Å². The predicted molar refractivity (Wildman–Crippen MR) is 606 cm³/mol. The van der Waals surface area contributed by atoms with Gasteiger partial charge in [0.25, 0.3) is 0 Å². The van der Waals surface area contributed by atoms with Crippen LogP contribution in [-0.2, 0) is 6.42 Å². The van der Waals surface area contributed by atoms with Gasteiger partial charge in [-0.1, -0.05) is 164 Å². The minimum absolute atomic E-state index is 0.652. The van der Waals surface area contributed by atoms with Crippen LogP contribution in [0.2, 0.25) is 0 Å². The second-order valence-corrected chi connectivity index (χ2v) is 39.1. The van der Waals surface area contributed by atoms with Crippen molar-refractivity contribution in [3.63, 3.8) is 0 Å². The molecule has 0 N–H and O–H groups in total. The van der Waals surface area contributed by atoms with Gasteiger partial charge < -0.3 is 57.0 Å². The Hall–Kier alpha value is -15.3. The van der Waals surface area contributed by atoms with Gasteiger partial charge in [0.05, 0.1) is 48.5 Å². The lowest BCUT2D eigenvalue weighted by molar-refractivity contribution is 0.309. The van der Waals surface area contributed by atoms with Crippen molar-refractivity contribution < 1.29 is 23.4 Å². The molecular weight excluding hydrogens is 1770 g/mol. The van der Waals surface area contributed by atoms with Crippen LogP contribution in [0, 0.1) is 27.7 Å². The molecule has 20 rings (SSSR count). The summed E-state index contributed by atoms with van der Waals surface area (Å²) >= 11 is 1.93. The molecule has 17 aromatic carbocycles. The quantitative estimate of drug-likeness (QED) is 0.0272. The van der Waals surface area contributed by atoms with Crippen LogP contribution in [0.15, 0.2) is 379 Å². The molecule has 20 aromatic rings. The van der Waals surface area contributed by atoms with Crippen LogP contribution >= 0.6 is 11.8 Å². The van der Waals surface area contributed by atoms with Crippen molar-refractivity contribution >= 4 is 163 Å². The molecule has 0 aliphatic rings. The van der Waals surface area contributed by atoms with E-state index < -0.39 is 0 Å². The van der Waals surface area contributed by atoms with E-state index >= 15 is 0 Å². The van der Waals surface area contributed by atoms with Crippen LogP contribution in [0.3, 0.4) is 0 Å². The zero-order valence-corrected chi connectivity index (χ0v) is 84.8. The molecule has 0 aliphatic carbocycles. The van der Waals surface area contributed by atoms with Gasteiger partial charge in [0.1, 0.15) is 34.2 Å². The summed E-state index contributed by atoms with van der Waals surface area (Å²) in [6.45, 7) is 24.6. The number of benzene rings is 17. The number of aryl methyl sites for hydroxylation is 5. The number of furan rings is 1. The third kappa shape index (κ3) is 20.7. The number of anilines is 15. The number of hydrogen-bond acceptors (Lipinski definition) is 11. The van der Waals surface area contributed by atoms with Crippen LogP contribution in [0.5, 0.6) is 23.0 Å². The van der Waals surface area contributed by atoms with Gasteiger partial charge in [-0.3, -0.25) is 0 Å². The number of nitrogens with zero attached hydrogens (tertiary/aromatic N) is 7. The van der Waals surface area contributed by atoms with E-state index in [1.807, 2.05) is 11.8 Å². The van der Waals surface area contributed by atoms with E-state index in [0.717, 1.165) is 284 Å². The van der Waals surface area contributed by atoms with Crippen LogP contribution in [0.25, 0.3) is 88.1 Å². The lowest BCUT2D eigenvalue weighted by Crippen LogP contribution is -2.14. The number of rotatable bonds is 41. The molecule has 0 aliphatic heterocycles. The maximum absolute atomic E-state index is 6.88. The molecule has 0 radical (unpaired) electrons. The SMILES string of the molecule is CCCCOc1ccc2c3ccc(OCCCC)cc3n(-c3ccc(N(c4ccc(C)cc4)c4ccc(N(c5ccc(N(c6ccc(N(c7ccc(-c8ccc(N(c9ccc(C)cc9)c9ccc(SCCCC)cc9)cc8)cc7)c7ccc8c(c7)oc7cc(CCCC)ccc78)cc6)c6cc(C)ccc6C)cc5)c5ccc(-n6c7cc(OCCCC)ccc7c7ccc(OCCCC)cc76)cc5)cc4)cc3)c2c1. The molecule has 0 saturated carbocycles. The molecule has 3 heterocycles. The lowest BCUT2D eigenvalue weighted by Gasteiger charge is -2.31. The van der Waals surface area contributed by atoms with Crippen LogP contribution in [0.1, 0.15) is 146 Å². The second-order valence-electron chi connectivity index (χ2n) is 37.9. The fraction of sp³-hybridized carbons (Fsp3) is 0.215. The zero-order chi connectivity index (χ0) is 97.8. The van der Waals surface area contributed by atoms with Gasteiger partial charge in [-0.25, -0.2) is 0 Å². The molecular formula is C130H127N7O5S. The van der Waals surface area contributed by atoms with Gasteiger partial charge in [0.15, 0.2) is 0 Å². The molecule has 718 valence electrons. The standard InChI is InChI=1S/C130H127N7O5S/c1-11-17-23-94-30-72-122-123-73-65-112(85-130(123)142-129(122)84-94)134(100-41-33-96(34-42-100)95-31-39-99(40-32-95)131(97-35-25-90(7)26-36-97)107-63-70-117(71-64-107)143-82-22-16-6)106-49-57-109(58-50-106)135(124-83-92(9)24-29-93(124)10)108-55-47-103(48-56-108)133(105-53-61-111(62-54-105)137-127-88-115(140-80-20-14-4)68-76-120(127)121-77-69-116(89-128(121)137)141-81-21-15-5)102-45-43-101(44-46-102)132(98-37-27-91(8)28-38-98)104-51-59-110(60-52-104)136-125-86-113(138-78-18-12-2)66-74-118(125)119-75-67-114(87-126(119)136)139-79-19-13-3/h24-77,83-89H,11-23,78-82H2,1-10H3. The van der Waals surface area contributed by atoms with Gasteiger partial charge in [0, 0.05) is 164 Å². The first-order valence-corrected chi connectivity index (χ1v) is 52.5. The minimum Gasteiger partial charge on any atom is -0.494 e. The van der Waals surface area contributed by atoms with Gasteiger partial charge >= 0.3 is 0 Å². The number of hydrogen-bond donors (Lipinski definition) is 0. The summed E-state index contributed by atoms with van der Waals surface area (Å²) in [6.07, 6.45) is 13.8. The summed E-state index contributed by atoms with van der Waals surface area (Å²) in [5, 5.41) is 6.83. The molecule has 0 bridgehead atoms. The second kappa shape index (κ2) is 43.8. The van der Waals surface area contributed by atoms with Crippen LogP contribution in [0.4, 0.5) is 85.3 Å². The van der Waals surface area contributed by atoms with Gasteiger partial charge in [-0.2, -0.15) is 0 Å². The smallest absolute Gasteiger partial charge is 0.137 e. The third-order valence-corrected chi connectivity index (χ3v) is 28.7. The Morgan fingerprint density at radius 1 is 0.245 bits per heavy atom. The van der Waals surface area contributed by atoms with E-state index in [1.165, 1.54) is 34.4 Å². The molecule has 3 aromatic heterocycles. The molecule has 0 unspecified atom stereocenters. The first kappa shape index (κ1) is 95.2. The van der Waals surface area contributed by atoms with Gasteiger partial charge in [-0.15, -0.1) is 11.8 Å². The zero-order valence-electron chi connectivity index (χ0n) is 84.0. The largest absolute Gasteiger partial charge is 0.494 e. The van der Waals surface area contributed by atoms with E-state index in [1.54, 1.807) is 0 Å². The van der Waals surface area contributed by atoms with Crippen molar-refractivity contribution in [2.75, 3.05) is 56.7 Å². The van der Waals surface area contributed by atoms with Crippen molar-refractivity contribution in [3.8, 4) is 45.5 Å². The van der Waals surface area contributed by atoms with Crippen molar-refractivity contribution in [2.24, 2.45) is 0 Å². The Bertz CT molecular complexity index is 7630. The van der Waals surface area contributed by atoms with Crippen molar-refractivity contribution in [2.45, 2.75) is 158 Å². The summed E-state index contributed by atoms with van der Waals surface area (Å²) < 4.78 is 37.4. The summed E-state index contributed by atoms with van der Waals surface area (Å²) in [6, 6.07) is 137. The van der Waals surface area contributed by atoms with Crippen LogP contribution < -0.4 is 43.4 Å². The molecule has 0 fully saturated rings. The minimum atomic E-state index is 0.652. The maximum atomic E-state index is 6.88. The fourth-order valence-corrected chi connectivity index (χ4v) is 20.6. The predicted octanol–water partition coefficient (Wildman–Crippen LogP) is 38.0. The summed E-state index contributed by atoms with van der Waals surface area (Å²) in [4.78, 5) is 13.2. The molecule has 0 atom stereocenters. The number of thioether (sulfide) groups is 1. The summed E-state index contributed by atoms with van der Waals surface area (Å²) in [7, 11) is 0. The molecule has 143 heavy (non-hydrogen) atoms. The first-order chi connectivity index (χ1) is 70.2. The normalized spacial score (nSPS) is 11.5. The van der Waals surface area contributed by atoms with Gasteiger partial charge in [-0.05, 0) is 373 Å². The van der Waals surface area contributed by atoms with Gasteiger partial charge in [0.2, 0.25) is 0 Å². The fourth-order valence-electron chi connectivity index (χ4n) is 19.6. The average Bonchev–Trinajstić information content (AvgIpc) is 1.58. The van der Waals surface area contributed by atoms with E-state index in [2.05, 4.69) is 473 Å². The lowest BCUT2D eigenvalue weighted by atomic mass is 10.0. The number of aromatic nitrogens is 2. The van der Waals surface area contributed by atoms with Crippen molar-refractivity contribution in [1.29, 1.82) is 0 Å². The van der Waals surface area contributed by atoms with Crippen molar-refractivity contribution in [1.82, 2.24) is 9.13 Å². The Morgan fingerprint density at radius 3 is 0.888 bits per heavy atom. The average molecular weight is 1900 g/mol. The Morgan fingerprint density at radius 2 is 0.531 bits per heavy atom. The molecule has 13 heteroatoms. The number of unbranched alkanes of at least 4 members (excludes halogenated alkanes) is 6. The highest BCUT2D eigenvalue weighted by Crippen LogP contribution is 2.49. The summed E-state index contributed by atoms with van der Waals surface area (Å²) in [5.41, 5.74) is 31.8. The van der Waals surface area contributed by atoms with E-state index in [9.17, 15) is 0 Å². The highest BCUT2D eigenvalue weighted by Gasteiger charge is 2.26. The first-order valence-electron chi connectivity index (χ1n) is 51.5.